The third kappa shape index (κ3) is 4.97. The summed E-state index contributed by atoms with van der Waals surface area (Å²) < 4.78 is 35.1. The third-order valence-electron chi connectivity index (χ3n) is 6.30. The highest BCUT2D eigenvalue weighted by Gasteiger charge is 2.34. The molecule has 4 rings (SSSR count). The van der Waals surface area contributed by atoms with E-state index in [9.17, 15) is 28.6 Å². The molecule has 2 aliphatic heterocycles. The van der Waals surface area contributed by atoms with Crippen LogP contribution in [0.5, 0.6) is 0 Å². The van der Waals surface area contributed by atoms with Gasteiger partial charge < -0.3 is 25.2 Å². The first-order valence-corrected chi connectivity index (χ1v) is 11.1. The van der Waals surface area contributed by atoms with Gasteiger partial charge in [-0.05, 0) is 48.7 Å². The number of anilines is 2. The Labute approximate surface area is 195 Å². The Bertz CT molecular complexity index is 1090. The molecule has 2 saturated heterocycles. The highest BCUT2D eigenvalue weighted by Crippen LogP contribution is 2.33. The lowest BCUT2D eigenvalue weighted by atomic mass is 9.92. The van der Waals surface area contributed by atoms with Gasteiger partial charge in [-0.1, -0.05) is 6.07 Å². The molecule has 0 spiro atoms. The summed E-state index contributed by atoms with van der Waals surface area (Å²) >= 11 is 0. The van der Waals surface area contributed by atoms with Gasteiger partial charge in [0.05, 0.1) is 36.7 Å². The number of benzene rings is 2. The summed E-state index contributed by atoms with van der Waals surface area (Å²) in [5, 5.41) is 22.0. The minimum atomic E-state index is -1.14. The van der Waals surface area contributed by atoms with Crippen LogP contribution in [0.15, 0.2) is 36.4 Å². The number of piperidine rings is 1. The van der Waals surface area contributed by atoms with Gasteiger partial charge in [0.2, 0.25) is 5.91 Å². The Morgan fingerprint density at radius 3 is 2.53 bits per heavy atom. The van der Waals surface area contributed by atoms with Gasteiger partial charge >= 0.3 is 6.09 Å². The number of aliphatic hydroxyl groups is 2. The van der Waals surface area contributed by atoms with Gasteiger partial charge in [-0.3, -0.25) is 9.69 Å². The van der Waals surface area contributed by atoms with Crippen LogP contribution in [-0.4, -0.2) is 66.7 Å². The van der Waals surface area contributed by atoms with Crippen molar-refractivity contribution in [2.45, 2.75) is 31.5 Å². The van der Waals surface area contributed by atoms with Crippen LogP contribution in [0.3, 0.4) is 0 Å². The number of ether oxygens (including phenoxy) is 1. The molecule has 8 nitrogen and oxygen atoms in total. The Kier molecular flexibility index (Phi) is 6.72. The van der Waals surface area contributed by atoms with E-state index >= 15 is 0 Å². The standard InChI is InChI=1S/C24H27F2N3O5/c1-15(31)27-12-18-13-29(23(32)34-18)17-3-4-19(20(25)11-17)16-2-5-22(21(26)10-16)28-8-6-24(33,14-30)7-9-28/h2-5,10-11,18,30,33H,6-9,12-14H2,1H3,(H,27,31). The summed E-state index contributed by atoms with van der Waals surface area (Å²) in [5.41, 5.74) is 0.0551. The number of hydrogen-bond donors (Lipinski definition) is 3. The van der Waals surface area contributed by atoms with E-state index in [-0.39, 0.29) is 31.2 Å². The van der Waals surface area contributed by atoms with Crippen molar-refractivity contribution in [1.29, 1.82) is 0 Å². The fourth-order valence-electron chi connectivity index (χ4n) is 4.26. The quantitative estimate of drug-likeness (QED) is 0.593. The molecule has 0 radical (unpaired) electrons. The number of rotatable bonds is 6. The molecule has 2 heterocycles. The van der Waals surface area contributed by atoms with Gasteiger partial charge in [0.25, 0.3) is 0 Å². The molecule has 1 unspecified atom stereocenters. The first-order valence-electron chi connectivity index (χ1n) is 11.1. The summed E-state index contributed by atoms with van der Waals surface area (Å²) in [6, 6.07) is 8.70. The van der Waals surface area contributed by atoms with E-state index in [0.29, 0.717) is 42.9 Å². The zero-order valence-corrected chi connectivity index (χ0v) is 18.8. The lowest BCUT2D eigenvalue weighted by Crippen LogP contribution is -2.46. The van der Waals surface area contributed by atoms with Crippen LogP contribution in [0.2, 0.25) is 0 Å². The topological polar surface area (TPSA) is 102 Å². The number of cyclic esters (lactones) is 1. The molecule has 2 aliphatic rings. The Morgan fingerprint density at radius 1 is 1.18 bits per heavy atom. The maximum Gasteiger partial charge on any atom is 0.414 e. The number of nitrogens with zero attached hydrogens (tertiary/aromatic N) is 2. The second kappa shape index (κ2) is 9.55. The predicted molar refractivity (Wildman–Crippen MR) is 122 cm³/mol. The van der Waals surface area contributed by atoms with Crippen molar-refractivity contribution in [2.24, 2.45) is 0 Å². The second-order valence-electron chi connectivity index (χ2n) is 8.75. The maximum atomic E-state index is 15.0. The van der Waals surface area contributed by atoms with E-state index in [0.717, 1.165) is 0 Å². The molecule has 2 aromatic rings. The Morgan fingerprint density at radius 2 is 1.91 bits per heavy atom. The van der Waals surface area contributed by atoms with E-state index in [1.807, 2.05) is 0 Å². The van der Waals surface area contributed by atoms with Crippen LogP contribution >= 0.6 is 0 Å². The molecule has 182 valence electrons. The first kappa shape index (κ1) is 23.9. The molecule has 1 atom stereocenters. The number of carbonyl (C=O) groups excluding carboxylic acids is 2. The summed E-state index contributed by atoms with van der Waals surface area (Å²) in [6.45, 7) is 2.16. The Balaban J connectivity index is 1.47. The molecule has 2 fully saturated rings. The molecule has 34 heavy (non-hydrogen) atoms. The van der Waals surface area contributed by atoms with Crippen LogP contribution in [0.1, 0.15) is 19.8 Å². The number of carbonyl (C=O) groups is 2. The summed E-state index contributed by atoms with van der Waals surface area (Å²) in [4.78, 5) is 26.3. The molecule has 0 saturated carbocycles. The van der Waals surface area contributed by atoms with Gasteiger partial charge in [-0.15, -0.1) is 0 Å². The van der Waals surface area contributed by atoms with Gasteiger partial charge in [0, 0.05) is 25.6 Å². The smallest absolute Gasteiger partial charge is 0.414 e. The average molecular weight is 475 g/mol. The zero-order valence-electron chi connectivity index (χ0n) is 18.8. The molecule has 0 bridgehead atoms. The minimum absolute atomic E-state index is 0.167. The van der Waals surface area contributed by atoms with Crippen LogP contribution in [-0.2, 0) is 9.53 Å². The highest BCUT2D eigenvalue weighted by atomic mass is 19.1. The SMILES string of the molecule is CC(=O)NCC1CN(c2ccc(-c3ccc(N4CCC(O)(CO)CC4)c(F)c3)c(F)c2)C(=O)O1. The summed E-state index contributed by atoms with van der Waals surface area (Å²) in [7, 11) is 0. The van der Waals surface area contributed by atoms with Gasteiger partial charge in [-0.25, -0.2) is 13.6 Å². The van der Waals surface area contributed by atoms with Crippen LogP contribution in [0, 0.1) is 11.6 Å². The highest BCUT2D eigenvalue weighted by molar-refractivity contribution is 5.90. The fraction of sp³-hybridized carbons (Fsp3) is 0.417. The molecule has 10 heteroatoms. The van der Waals surface area contributed by atoms with E-state index in [4.69, 9.17) is 4.74 Å². The van der Waals surface area contributed by atoms with Crippen LogP contribution < -0.4 is 15.1 Å². The summed E-state index contributed by atoms with van der Waals surface area (Å²) in [5.74, 6) is -1.37. The van der Waals surface area contributed by atoms with Crippen molar-refractivity contribution in [3.8, 4) is 11.1 Å². The minimum Gasteiger partial charge on any atom is -0.442 e. The zero-order chi connectivity index (χ0) is 24.5. The third-order valence-corrected chi connectivity index (χ3v) is 6.30. The van der Waals surface area contributed by atoms with Gasteiger partial charge in [0.1, 0.15) is 17.7 Å². The fourth-order valence-corrected chi connectivity index (χ4v) is 4.26. The molecular weight excluding hydrogens is 448 g/mol. The summed E-state index contributed by atoms with van der Waals surface area (Å²) in [6.07, 6.45) is -0.520. The first-order chi connectivity index (χ1) is 16.2. The molecule has 0 aromatic heterocycles. The second-order valence-corrected chi connectivity index (χ2v) is 8.75. The number of halogens is 2. The van der Waals surface area contributed by atoms with Crippen molar-refractivity contribution in [3.63, 3.8) is 0 Å². The average Bonchev–Trinajstić information content (AvgIpc) is 3.19. The largest absolute Gasteiger partial charge is 0.442 e. The number of nitrogens with one attached hydrogen (secondary N) is 1. The molecule has 3 N–H and O–H groups in total. The van der Waals surface area contributed by atoms with Gasteiger partial charge in [0.15, 0.2) is 0 Å². The van der Waals surface area contributed by atoms with Crippen molar-refractivity contribution < 1.29 is 33.3 Å². The Hall–Kier alpha value is -3.24. The lowest BCUT2D eigenvalue weighted by Gasteiger charge is -2.38. The monoisotopic (exact) mass is 475 g/mol. The van der Waals surface area contributed by atoms with E-state index < -0.39 is 29.4 Å². The molecule has 2 aromatic carbocycles. The molecular formula is C24H27F2N3O5. The predicted octanol–water partition coefficient (Wildman–Crippen LogP) is 2.42. The van der Waals surface area contributed by atoms with Crippen molar-refractivity contribution in [2.75, 3.05) is 42.6 Å². The van der Waals surface area contributed by atoms with E-state index in [1.54, 1.807) is 23.1 Å². The van der Waals surface area contributed by atoms with Crippen molar-refractivity contribution in [1.82, 2.24) is 5.32 Å². The molecule has 0 aliphatic carbocycles. The van der Waals surface area contributed by atoms with E-state index in [2.05, 4.69) is 5.32 Å². The van der Waals surface area contributed by atoms with Crippen LogP contribution in [0.4, 0.5) is 25.0 Å². The van der Waals surface area contributed by atoms with Crippen LogP contribution in [0.25, 0.3) is 11.1 Å². The lowest BCUT2D eigenvalue weighted by molar-refractivity contribution is -0.119. The van der Waals surface area contributed by atoms with E-state index in [1.165, 1.54) is 30.0 Å². The van der Waals surface area contributed by atoms with Crippen molar-refractivity contribution in [3.05, 3.63) is 48.0 Å². The normalized spacial score (nSPS) is 19.8. The number of amides is 2. The number of hydrogen-bond acceptors (Lipinski definition) is 6. The van der Waals surface area contributed by atoms with Crippen molar-refractivity contribution >= 4 is 23.4 Å². The molecule has 2 amide bonds. The number of aliphatic hydroxyl groups excluding tert-OH is 1. The van der Waals surface area contributed by atoms with Gasteiger partial charge in [-0.2, -0.15) is 0 Å². The maximum absolute atomic E-state index is 15.0.